The molecule has 13 N–H and O–H groups in total. The van der Waals surface area contributed by atoms with Crippen molar-refractivity contribution in [3.05, 3.63) is 0 Å². The van der Waals surface area contributed by atoms with E-state index in [9.17, 15) is 46.7 Å². The van der Waals surface area contributed by atoms with Gasteiger partial charge in [-0.15, -0.1) is 0 Å². The second-order valence-electron chi connectivity index (χ2n) is 47.6. The fourth-order valence-corrected chi connectivity index (χ4v) is 17.5. The molecule has 916 valence electrons. The Morgan fingerprint density at radius 2 is 0.466 bits per heavy atom. The van der Waals surface area contributed by atoms with Crippen molar-refractivity contribution in [1.82, 2.24) is 19.6 Å². The highest BCUT2D eigenvalue weighted by atomic mass is 32.7. The van der Waals surface area contributed by atoms with Gasteiger partial charge in [-0.05, 0) is 339 Å². The quantitative estimate of drug-likeness (QED) is 0.0129. The van der Waals surface area contributed by atoms with Gasteiger partial charge in [0.15, 0.2) is 0 Å². The number of likely N-dealkylation sites (tertiary alicyclic amines) is 3. The van der Waals surface area contributed by atoms with Crippen LogP contribution in [0.15, 0.2) is 0 Å². The molecule has 3 fully saturated rings. The molecule has 0 amide bonds. The van der Waals surface area contributed by atoms with E-state index >= 15 is 0 Å². The van der Waals surface area contributed by atoms with Gasteiger partial charge >= 0.3 is 58.7 Å². The van der Waals surface area contributed by atoms with Gasteiger partial charge in [0, 0.05) is 47.6 Å². The van der Waals surface area contributed by atoms with Crippen LogP contribution >= 0.6 is 116 Å². The van der Waals surface area contributed by atoms with Crippen LogP contribution in [0.25, 0.3) is 0 Å². The maximum Gasteiger partial charge on any atom is 0.384 e. The summed E-state index contributed by atoms with van der Waals surface area (Å²) >= 11 is 7.74. The number of ether oxygens (including phenoxy) is 3. The Balaban J connectivity index is -0.0000000845. The monoisotopic (exact) mass is 2410 g/mol. The zero-order valence-corrected chi connectivity index (χ0v) is 116. The van der Waals surface area contributed by atoms with E-state index in [2.05, 4.69) is 301 Å². The number of hydrogen-bond donors (Lipinski definition) is 13. The molecule has 3 aliphatic heterocycles. The molecular weight excluding hydrogens is 2170 g/mol. The average molecular weight is 2410 g/mol. The van der Waals surface area contributed by atoms with Crippen LogP contribution < -0.4 is 4.89 Å². The van der Waals surface area contributed by atoms with Crippen molar-refractivity contribution in [2.75, 3.05) is 134 Å². The smallest absolute Gasteiger partial charge is 0.384 e. The number of carbonyl (C=O) groups excluding carboxylic acids is 3. The van der Waals surface area contributed by atoms with Crippen LogP contribution in [0.5, 0.6) is 0 Å². The van der Waals surface area contributed by atoms with Gasteiger partial charge in [-0.25, -0.2) is 27.4 Å². The molecular formula is C103H244N4O27P7S7-. The second kappa shape index (κ2) is 114. The van der Waals surface area contributed by atoms with Crippen molar-refractivity contribution < 1.29 is 129 Å². The summed E-state index contributed by atoms with van der Waals surface area (Å²) in [6.07, 6.45) is 13.5. The van der Waals surface area contributed by atoms with Crippen molar-refractivity contribution in [2.45, 2.75) is 429 Å². The average Bonchev–Trinajstić information content (AvgIpc) is 0.874. The van der Waals surface area contributed by atoms with Crippen LogP contribution in [0.3, 0.4) is 0 Å². The molecule has 0 aromatic heterocycles. The lowest BCUT2D eigenvalue weighted by Crippen LogP contribution is -2.36. The first kappa shape index (κ1) is 188. The van der Waals surface area contributed by atoms with E-state index in [1.54, 1.807) is 41.5 Å². The third-order valence-corrected chi connectivity index (χ3v) is 26.9. The van der Waals surface area contributed by atoms with Crippen LogP contribution in [-0.2, 0) is 72.3 Å². The molecule has 3 aliphatic rings. The third-order valence-electron chi connectivity index (χ3n) is 12.2. The minimum absolute atomic E-state index is 0.0197. The maximum atomic E-state index is 12.0. The van der Waals surface area contributed by atoms with E-state index in [1.807, 2.05) is 53.6 Å². The highest BCUT2D eigenvalue weighted by Crippen LogP contribution is 2.53. The molecule has 3 heterocycles. The summed E-state index contributed by atoms with van der Waals surface area (Å²) in [6.45, 7) is 86.5. The van der Waals surface area contributed by atoms with Gasteiger partial charge in [0.2, 0.25) is 0 Å². The molecule has 148 heavy (non-hydrogen) atoms. The summed E-state index contributed by atoms with van der Waals surface area (Å²) in [5, 5.41) is 0. The van der Waals surface area contributed by atoms with E-state index < -0.39 is 69.4 Å². The molecule has 0 spiro atoms. The Labute approximate surface area is 943 Å². The number of rotatable bonds is 32. The lowest BCUT2D eigenvalue weighted by atomic mass is 9.89. The Morgan fingerprint density at radius 1 is 0.297 bits per heavy atom. The minimum Gasteiger partial charge on any atom is -0.780 e. The molecule has 1 unspecified atom stereocenters. The van der Waals surface area contributed by atoms with Crippen LogP contribution in [0.4, 0.5) is 0 Å². The Kier molecular flexibility index (Phi) is 145. The topological polar surface area (TPSA) is 490 Å². The molecule has 0 aromatic carbocycles. The van der Waals surface area contributed by atoms with Gasteiger partial charge < -0.3 is 107 Å². The summed E-state index contributed by atoms with van der Waals surface area (Å²) in [4.78, 5) is 165. The van der Waals surface area contributed by atoms with E-state index in [0.29, 0.717) is 80.7 Å². The van der Waals surface area contributed by atoms with Crippen LogP contribution in [-0.4, -0.2) is 241 Å². The molecule has 0 aromatic rings. The SMILES string of the molecule is CC(C)(C)C(=O)OCCSP(=O)(O)O.CC(C)(C)OP([O-])(O)=S.CC(C)(CCN1CCCCC1)C(=O)OCCSP(=O)(O)O.CC(C)(CCN1CCCCC1)C(=O)OCCSP(=O)(O)O.CC(C)C.CC(C)C.CC(C)C.CC(C)C.CC(C)C.CC(C)C.CC(C)C.CC(C)C.CC(C)C.CC(C)C.CC(C)C.CC(C)C.CC(C)C.CCCSP(=O)(O)O.CN(C)CCSP(=O)(O)O.O=P(O)(O)SCCN1CCCCC1. The molecule has 45 heteroatoms. The van der Waals surface area contributed by atoms with E-state index in [1.165, 1.54) is 57.8 Å². The van der Waals surface area contributed by atoms with Crippen molar-refractivity contribution in [1.29, 1.82) is 0 Å². The predicted octanol–water partition coefficient (Wildman–Crippen LogP) is 30.8. The zero-order chi connectivity index (χ0) is 122. The van der Waals surface area contributed by atoms with E-state index in [4.69, 9.17) is 77.8 Å². The van der Waals surface area contributed by atoms with Gasteiger partial charge in [0.25, 0.3) is 0 Å². The normalized spacial score (nSPS) is 13.8. The molecule has 31 nitrogen and oxygen atoms in total. The number of nitrogens with zero attached hydrogens (tertiary/aromatic N) is 4. The summed E-state index contributed by atoms with van der Waals surface area (Å²) in [6, 6.07) is 0. The van der Waals surface area contributed by atoms with Crippen molar-refractivity contribution >= 4 is 146 Å². The fourth-order valence-electron chi connectivity index (χ4n) is 7.29. The lowest BCUT2D eigenvalue weighted by Gasteiger charge is -2.30. The number of carbonyl (C=O) groups is 3. The number of hydrogen-bond acceptors (Lipinski definition) is 25. The summed E-state index contributed by atoms with van der Waals surface area (Å²) in [5.41, 5.74) is -2.34. The Bertz CT molecular complexity index is 2910. The second-order valence-corrected chi connectivity index (χ2v) is 73.2. The van der Waals surface area contributed by atoms with Crippen molar-refractivity contribution in [3.63, 3.8) is 0 Å². The molecule has 3 saturated heterocycles. The van der Waals surface area contributed by atoms with Gasteiger partial charge in [0.1, 0.15) is 26.5 Å². The molecule has 0 aliphatic carbocycles. The highest BCUT2D eigenvalue weighted by molar-refractivity contribution is 8.56. The molecule has 0 saturated carbocycles. The van der Waals surface area contributed by atoms with Gasteiger partial charge in [-0.3, -0.25) is 14.4 Å². The largest absolute Gasteiger partial charge is 0.780 e. The van der Waals surface area contributed by atoms with Crippen molar-refractivity contribution in [2.24, 2.45) is 93.2 Å². The Hall–Kier alpha value is 1.78. The summed E-state index contributed by atoms with van der Waals surface area (Å²) in [7, 11) is 3.72. The first-order valence-corrected chi connectivity index (χ1v) is 74.9. The van der Waals surface area contributed by atoms with Crippen molar-refractivity contribution in [3.8, 4) is 0 Å². The van der Waals surface area contributed by atoms with Crippen LogP contribution in [0.1, 0.15) is 423 Å². The fraction of sp³-hybridized carbons (Fsp3) is 0.971. The molecule has 0 bridgehead atoms. The first-order valence-electron chi connectivity index (χ1n) is 53.1. The third kappa shape index (κ3) is 290. The molecule has 1 atom stereocenters. The van der Waals surface area contributed by atoms with E-state index in [-0.39, 0.29) is 55.0 Å². The Morgan fingerprint density at radius 3 is 0.615 bits per heavy atom. The van der Waals surface area contributed by atoms with Gasteiger partial charge in [-0.1, -0.05) is 308 Å². The highest BCUT2D eigenvalue weighted by Gasteiger charge is 2.32. The molecule has 3 rings (SSSR count). The number of esters is 3. The lowest BCUT2D eigenvalue weighted by molar-refractivity contribution is -0.209. The van der Waals surface area contributed by atoms with Gasteiger partial charge in [0.05, 0.1) is 21.8 Å². The summed E-state index contributed by atoms with van der Waals surface area (Å²) < 4.78 is 82.1. The summed E-state index contributed by atoms with van der Waals surface area (Å²) in [5.74, 6) is 11.7. The number of piperidine rings is 3. The van der Waals surface area contributed by atoms with E-state index in [0.717, 1.165) is 166 Å². The van der Waals surface area contributed by atoms with Gasteiger partial charge in [-0.2, -0.15) is 0 Å². The molecule has 0 radical (unpaired) electrons. The first-order chi connectivity index (χ1) is 65.8. The standard InChI is InChI=1S/2C13H26NO5PS.C7H16NO3PS.C7H15O5PS.C4H12NO3PS.C4H11O3PS.13C4H10.C3H9O3PS/c2*1-13(2,6-9-14-7-4-3-5-8-14)12(15)19-10-11-21-20(16,17)18;9-12(10,11)13-7-6-8-4-2-1-3-5-8;1-7(2,3)6(8)12-4-5-14-13(9,10)11;1-5(2)3-4-10-9(6,7)8;1-4(2,3)7-8(5,6)9;13*1-4(2)3;1-2-3-8-7(4,5)6/h2*3-11H2,1-2H3,(H2,16,17,18);1-7H2,(H2,9,10,11);4-5H2,1-3H3,(H2,9,10,11);3-4H2,1-2H3,(H2,6,7,8);1-3H3,(H2,5,6,9);13*4H,1-3H3;2-3H2,1H3,(H2,4,5,6)/p-1. The predicted molar refractivity (Wildman–Crippen MR) is 660 cm³/mol. The maximum absolute atomic E-state index is 12.0. The zero-order valence-electron chi connectivity index (χ0n) is 104. The minimum atomic E-state index is -4.08. The van der Waals surface area contributed by atoms with Crippen LogP contribution in [0.2, 0.25) is 0 Å². The van der Waals surface area contributed by atoms with Crippen LogP contribution in [0, 0.1) is 93.2 Å².